The summed E-state index contributed by atoms with van der Waals surface area (Å²) in [6.45, 7) is -0.132. The Morgan fingerprint density at radius 1 is 1.25 bits per heavy atom. The molecular weight excluding hydrogens is 267 g/mol. The Hall–Kier alpha value is -0.0100. The molecule has 0 radical (unpaired) electrons. The molecule has 0 N–H and O–H groups in total. The summed E-state index contributed by atoms with van der Waals surface area (Å²) < 4.78 is 59.2. The summed E-state index contributed by atoms with van der Waals surface area (Å²) in [5.74, 6) is 0.689. The van der Waals surface area contributed by atoms with Crippen molar-refractivity contribution in [2.45, 2.75) is 24.8 Å². The molecule has 0 aromatic heterocycles. The topological polar surface area (TPSA) is 37.4 Å². The molecule has 1 heterocycles. The van der Waals surface area contributed by atoms with Crippen LogP contribution in [0.25, 0.3) is 0 Å². The third-order valence-electron chi connectivity index (χ3n) is 2.72. The van der Waals surface area contributed by atoms with Crippen molar-refractivity contribution in [3.8, 4) is 0 Å². The molecule has 0 aliphatic carbocycles. The summed E-state index contributed by atoms with van der Waals surface area (Å²) in [6.07, 6.45) is 1.62. The first-order valence-corrected chi connectivity index (χ1v) is 6.89. The van der Waals surface area contributed by atoms with Gasteiger partial charge >= 0.3 is 15.5 Å². The number of hydrogen-bond acceptors (Lipinski definition) is 2. The first-order valence-electron chi connectivity index (χ1n) is 4.91. The maximum absolute atomic E-state index is 12.2. The molecule has 1 fully saturated rings. The molecule has 0 unspecified atom stereocenters. The summed E-state index contributed by atoms with van der Waals surface area (Å²) in [4.78, 5) is 0. The van der Waals surface area contributed by atoms with E-state index in [1.165, 1.54) is 0 Å². The van der Waals surface area contributed by atoms with Crippen LogP contribution in [0.4, 0.5) is 13.2 Å². The highest BCUT2D eigenvalue weighted by Gasteiger charge is 2.50. The van der Waals surface area contributed by atoms with Gasteiger partial charge in [-0.3, -0.25) is 0 Å². The Morgan fingerprint density at radius 2 is 1.75 bits per heavy atom. The van der Waals surface area contributed by atoms with E-state index in [1.54, 1.807) is 0 Å². The molecule has 1 aliphatic heterocycles. The second-order valence-electron chi connectivity index (χ2n) is 3.77. The lowest BCUT2D eigenvalue weighted by atomic mass is 9.96. The van der Waals surface area contributed by atoms with Crippen LogP contribution in [-0.4, -0.2) is 37.2 Å². The zero-order valence-corrected chi connectivity index (χ0v) is 10.1. The molecule has 0 saturated carbocycles. The van der Waals surface area contributed by atoms with Gasteiger partial charge in [0.15, 0.2) is 0 Å². The molecule has 0 bridgehead atoms. The fourth-order valence-corrected chi connectivity index (χ4v) is 3.03. The van der Waals surface area contributed by atoms with Gasteiger partial charge in [0.2, 0.25) is 0 Å². The van der Waals surface area contributed by atoms with Gasteiger partial charge < -0.3 is 0 Å². The summed E-state index contributed by atoms with van der Waals surface area (Å²) in [5, 5.41) is 0. The predicted octanol–water partition coefficient (Wildman–Crippen LogP) is 2.18. The smallest absolute Gasteiger partial charge is 0.203 e. The average molecular weight is 280 g/mol. The van der Waals surface area contributed by atoms with Gasteiger partial charge in [-0.1, -0.05) is 0 Å². The zero-order chi connectivity index (χ0) is 12.4. The molecule has 0 aromatic carbocycles. The highest BCUT2D eigenvalue weighted by Crippen LogP contribution is 2.31. The molecule has 8 heteroatoms. The maximum Gasteiger partial charge on any atom is 0.511 e. The number of nitrogens with zero attached hydrogens (tertiary/aromatic N) is 1. The lowest BCUT2D eigenvalue weighted by Gasteiger charge is -2.31. The molecule has 0 atom stereocenters. The van der Waals surface area contributed by atoms with Crippen LogP contribution in [0.5, 0.6) is 0 Å². The van der Waals surface area contributed by atoms with Crippen LogP contribution in [0.3, 0.4) is 0 Å². The number of alkyl halides is 4. The summed E-state index contributed by atoms with van der Waals surface area (Å²) >= 11 is 5.52. The van der Waals surface area contributed by atoms with Crippen molar-refractivity contribution >= 4 is 21.6 Å². The number of rotatable bonds is 3. The molecule has 1 rings (SSSR count). The third-order valence-corrected chi connectivity index (χ3v) is 4.57. The van der Waals surface area contributed by atoms with Crippen LogP contribution < -0.4 is 0 Å². The SMILES string of the molecule is O=S(=O)(N1CCC(CCCl)CC1)C(F)(F)F. The van der Waals surface area contributed by atoms with Gasteiger partial charge in [0, 0.05) is 19.0 Å². The minimum Gasteiger partial charge on any atom is -0.203 e. The van der Waals surface area contributed by atoms with Gasteiger partial charge in [-0.25, -0.2) is 8.42 Å². The van der Waals surface area contributed by atoms with E-state index >= 15 is 0 Å². The summed E-state index contributed by atoms with van der Waals surface area (Å²) in [6, 6.07) is 0. The van der Waals surface area contributed by atoms with Gasteiger partial charge in [0.1, 0.15) is 0 Å². The Balaban J connectivity index is 2.61. The van der Waals surface area contributed by atoms with E-state index in [1.807, 2.05) is 0 Å². The molecule has 1 saturated heterocycles. The second kappa shape index (κ2) is 5.10. The van der Waals surface area contributed by atoms with E-state index < -0.39 is 15.5 Å². The van der Waals surface area contributed by atoms with Crippen LogP contribution in [0.2, 0.25) is 0 Å². The van der Waals surface area contributed by atoms with E-state index in [-0.39, 0.29) is 19.0 Å². The van der Waals surface area contributed by atoms with Crippen LogP contribution >= 0.6 is 11.6 Å². The monoisotopic (exact) mass is 279 g/mol. The number of hydrogen-bond donors (Lipinski definition) is 0. The normalized spacial score (nSPS) is 21.2. The van der Waals surface area contributed by atoms with Crippen LogP contribution in [0.1, 0.15) is 19.3 Å². The Bertz CT molecular complexity index is 323. The van der Waals surface area contributed by atoms with Crippen molar-refractivity contribution in [1.29, 1.82) is 0 Å². The minimum atomic E-state index is -5.19. The van der Waals surface area contributed by atoms with E-state index in [9.17, 15) is 21.6 Å². The fraction of sp³-hybridized carbons (Fsp3) is 1.00. The standard InChI is InChI=1S/C8H13ClF3NO2S/c9-4-1-7-2-5-13(6-3-7)16(14,15)8(10,11)12/h7H,1-6H2. The second-order valence-corrected chi connectivity index (χ2v) is 6.08. The van der Waals surface area contributed by atoms with E-state index in [4.69, 9.17) is 11.6 Å². The molecule has 0 amide bonds. The highest BCUT2D eigenvalue weighted by molar-refractivity contribution is 7.90. The Morgan fingerprint density at radius 3 is 2.12 bits per heavy atom. The first-order chi connectivity index (χ1) is 7.29. The maximum atomic E-state index is 12.2. The zero-order valence-electron chi connectivity index (χ0n) is 8.50. The van der Waals surface area contributed by atoms with E-state index in [2.05, 4.69) is 0 Å². The average Bonchev–Trinajstić information content (AvgIpc) is 2.17. The summed E-state index contributed by atoms with van der Waals surface area (Å²) in [7, 11) is -5.14. The lowest BCUT2D eigenvalue weighted by molar-refractivity contribution is -0.0496. The molecule has 1 aliphatic rings. The minimum absolute atomic E-state index is 0.0661. The van der Waals surface area contributed by atoms with E-state index in [0.29, 0.717) is 23.0 Å². The van der Waals surface area contributed by atoms with Crippen molar-refractivity contribution in [2.75, 3.05) is 19.0 Å². The molecule has 0 aromatic rings. The van der Waals surface area contributed by atoms with Gasteiger partial charge in [-0.2, -0.15) is 17.5 Å². The lowest BCUT2D eigenvalue weighted by Crippen LogP contribution is -2.44. The van der Waals surface area contributed by atoms with Gasteiger partial charge in [0.05, 0.1) is 0 Å². The van der Waals surface area contributed by atoms with Crippen molar-refractivity contribution in [3.05, 3.63) is 0 Å². The van der Waals surface area contributed by atoms with Crippen molar-refractivity contribution in [3.63, 3.8) is 0 Å². The van der Waals surface area contributed by atoms with Crippen molar-refractivity contribution in [2.24, 2.45) is 5.92 Å². The van der Waals surface area contributed by atoms with Gasteiger partial charge in [-0.05, 0) is 25.2 Å². The van der Waals surface area contributed by atoms with Crippen molar-refractivity contribution < 1.29 is 21.6 Å². The van der Waals surface area contributed by atoms with Gasteiger partial charge in [-0.15, -0.1) is 11.6 Å². The van der Waals surface area contributed by atoms with Crippen LogP contribution in [0.15, 0.2) is 0 Å². The predicted molar refractivity (Wildman–Crippen MR) is 54.6 cm³/mol. The number of halogens is 4. The number of piperidine rings is 1. The molecule has 96 valence electrons. The number of sulfonamides is 1. The summed E-state index contributed by atoms with van der Waals surface area (Å²) in [5.41, 5.74) is -5.19. The van der Waals surface area contributed by atoms with E-state index in [0.717, 1.165) is 6.42 Å². The van der Waals surface area contributed by atoms with Crippen LogP contribution in [-0.2, 0) is 10.0 Å². The molecule has 16 heavy (non-hydrogen) atoms. The molecule has 0 spiro atoms. The quantitative estimate of drug-likeness (QED) is 0.743. The highest BCUT2D eigenvalue weighted by atomic mass is 35.5. The Kier molecular flexibility index (Phi) is 4.48. The van der Waals surface area contributed by atoms with Crippen LogP contribution in [0, 0.1) is 5.92 Å². The molecule has 3 nitrogen and oxygen atoms in total. The van der Waals surface area contributed by atoms with Crippen molar-refractivity contribution in [1.82, 2.24) is 4.31 Å². The molecular formula is C8H13ClF3NO2S. The Labute approximate surface area is 97.6 Å². The third kappa shape index (κ3) is 3.01. The first kappa shape index (κ1) is 14.1. The fourth-order valence-electron chi connectivity index (χ4n) is 1.74. The van der Waals surface area contributed by atoms with Gasteiger partial charge in [0.25, 0.3) is 0 Å². The largest absolute Gasteiger partial charge is 0.511 e.